The Morgan fingerprint density at radius 1 is 1.20 bits per heavy atom. The molecule has 2 amide bonds. The van der Waals surface area contributed by atoms with Gasteiger partial charge < -0.3 is 29.7 Å². The number of benzene rings is 1. The molecule has 6 rings (SSSR count). The average Bonchev–Trinajstić information content (AvgIpc) is 3.48. The Bertz CT molecular complexity index is 1810. The minimum absolute atomic E-state index is 0.147. The lowest BCUT2D eigenvalue weighted by Gasteiger charge is -2.40. The number of nitriles is 1. The van der Waals surface area contributed by atoms with Gasteiger partial charge in [0.2, 0.25) is 0 Å². The summed E-state index contributed by atoms with van der Waals surface area (Å²) in [6.07, 6.45) is 4.90. The molecule has 0 aliphatic carbocycles. The molecule has 2 aliphatic heterocycles. The van der Waals surface area contributed by atoms with Crippen LogP contribution in [0.1, 0.15) is 41.3 Å². The fourth-order valence-electron chi connectivity index (χ4n) is 5.93. The van der Waals surface area contributed by atoms with Gasteiger partial charge in [-0.05, 0) is 62.6 Å². The van der Waals surface area contributed by atoms with Gasteiger partial charge in [0.05, 0.1) is 36.6 Å². The Hall–Kier alpha value is -5.22. The third kappa shape index (κ3) is 6.43. The lowest BCUT2D eigenvalue weighted by atomic mass is 9.89. The van der Waals surface area contributed by atoms with Crippen LogP contribution in [0.3, 0.4) is 0 Å². The van der Waals surface area contributed by atoms with Crippen LogP contribution in [0.15, 0.2) is 55.0 Å². The van der Waals surface area contributed by atoms with Crippen LogP contribution in [0.2, 0.25) is 0 Å². The average molecular weight is 628 g/mol. The molecule has 0 saturated carbocycles. The number of pyridine rings is 2. The Kier molecular flexibility index (Phi) is 8.46. The minimum Gasteiger partial charge on any atom is -0.489 e. The molecule has 12 nitrogen and oxygen atoms in total. The maximum absolute atomic E-state index is 13.8. The molecular weight excluding hydrogens is 593 g/mol. The number of carboxylic acid groups (broad SMARTS) is 1. The summed E-state index contributed by atoms with van der Waals surface area (Å²) >= 11 is 0. The molecule has 5 heterocycles. The highest BCUT2D eigenvalue weighted by atomic mass is 19.1. The lowest BCUT2D eigenvalue weighted by Crippen LogP contribution is -2.53. The lowest BCUT2D eigenvalue weighted by molar-refractivity contribution is -0.0412. The van der Waals surface area contributed by atoms with Crippen molar-refractivity contribution in [3.63, 3.8) is 0 Å². The maximum Gasteiger partial charge on any atom is 0.407 e. The molecular formula is C33H34FN7O5. The SMILES string of the molecule is Cc1ccc(F)cc1C(=O)NC1(C)CCN(c2ccc(-c3cc(OC[C@@H]4CN(C(=O)O)CCO4)cn4ncc(C#N)c34)cn2)CC1. The van der Waals surface area contributed by atoms with Crippen LogP contribution in [0, 0.1) is 24.1 Å². The first kappa shape index (κ1) is 30.8. The number of rotatable bonds is 7. The van der Waals surface area contributed by atoms with Crippen molar-refractivity contribution >= 4 is 23.3 Å². The Balaban J connectivity index is 1.15. The molecule has 4 aromatic rings. The number of nitrogens with zero attached hydrogens (tertiary/aromatic N) is 6. The first-order valence-corrected chi connectivity index (χ1v) is 15.1. The van der Waals surface area contributed by atoms with E-state index >= 15 is 0 Å². The molecule has 46 heavy (non-hydrogen) atoms. The number of halogens is 1. The summed E-state index contributed by atoms with van der Waals surface area (Å²) in [7, 11) is 0. The number of carbonyl (C=O) groups excluding carboxylic acids is 1. The second-order valence-electron chi connectivity index (χ2n) is 12.0. The van der Waals surface area contributed by atoms with Crippen LogP contribution < -0.4 is 15.0 Å². The first-order valence-electron chi connectivity index (χ1n) is 15.1. The van der Waals surface area contributed by atoms with Crippen molar-refractivity contribution < 1.29 is 28.6 Å². The number of hydrogen-bond acceptors (Lipinski definition) is 8. The zero-order valence-electron chi connectivity index (χ0n) is 25.6. The summed E-state index contributed by atoms with van der Waals surface area (Å²) in [5.41, 5.74) is 3.13. The highest BCUT2D eigenvalue weighted by Crippen LogP contribution is 2.32. The van der Waals surface area contributed by atoms with Gasteiger partial charge in [-0.3, -0.25) is 4.79 Å². The predicted octanol–water partition coefficient (Wildman–Crippen LogP) is 4.26. The molecule has 0 bridgehead atoms. The molecule has 238 valence electrons. The van der Waals surface area contributed by atoms with E-state index in [1.807, 2.05) is 25.1 Å². The molecule has 0 radical (unpaired) electrons. The fraction of sp³-hybridized carbons (Fsp3) is 0.364. The standard InChI is InChI=1S/C33H34FN7O5/c1-21-3-5-24(34)13-27(21)31(42)38-33(2)7-9-39(10-8-33)29-6-4-22(16-36-29)28-14-25(19-41-30(28)23(15-35)17-37-41)46-20-26-18-40(32(43)44)11-12-45-26/h3-6,13-14,16-17,19,26H,7-12,18,20H2,1-2H3,(H,38,42)(H,43,44)/t26-/m0/s1. The van der Waals surface area contributed by atoms with E-state index in [9.17, 15) is 24.3 Å². The van der Waals surface area contributed by atoms with E-state index in [0.717, 1.165) is 16.9 Å². The van der Waals surface area contributed by atoms with Gasteiger partial charge >= 0.3 is 6.09 Å². The molecule has 3 aromatic heterocycles. The third-order valence-corrected chi connectivity index (χ3v) is 8.66. The van der Waals surface area contributed by atoms with Crippen LogP contribution >= 0.6 is 0 Å². The van der Waals surface area contributed by atoms with Crippen molar-refractivity contribution in [3.8, 4) is 22.9 Å². The molecule has 2 fully saturated rings. The number of ether oxygens (including phenoxy) is 2. The Morgan fingerprint density at radius 3 is 2.72 bits per heavy atom. The molecule has 0 unspecified atom stereocenters. The molecule has 1 aromatic carbocycles. The minimum atomic E-state index is -0.991. The highest BCUT2D eigenvalue weighted by molar-refractivity contribution is 5.96. The van der Waals surface area contributed by atoms with Crippen LogP contribution in [-0.2, 0) is 4.74 Å². The summed E-state index contributed by atoms with van der Waals surface area (Å²) in [6.45, 7) is 6.12. The number of hydrogen-bond donors (Lipinski definition) is 2. The summed E-state index contributed by atoms with van der Waals surface area (Å²) in [5, 5.41) is 26.5. The fourth-order valence-corrected chi connectivity index (χ4v) is 5.93. The molecule has 1 atom stereocenters. The van der Waals surface area contributed by atoms with Crippen molar-refractivity contribution in [2.75, 3.05) is 44.3 Å². The Labute approximate surface area is 265 Å². The predicted molar refractivity (Wildman–Crippen MR) is 166 cm³/mol. The van der Waals surface area contributed by atoms with Gasteiger partial charge in [-0.25, -0.2) is 18.7 Å². The van der Waals surface area contributed by atoms with E-state index in [0.29, 0.717) is 67.0 Å². The number of aromatic nitrogens is 3. The smallest absolute Gasteiger partial charge is 0.407 e. The van der Waals surface area contributed by atoms with E-state index in [-0.39, 0.29) is 19.1 Å². The number of amides is 2. The van der Waals surface area contributed by atoms with Crippen LogP contribution in [0.4, 0.5) is 15.0 Å². The van der Waals surface area contributed by atoms with Crippen molar-refractivity contribution in [2.45, 2.75) is 38.3 Å². The summed E-state index contributed by atoms with van der Waals surface area (Å²) < 4.78 is 27.1. The summed E-state index contributed by atoms with van der Waals surface area (Å²) in [4.78, 5) is 32.5. The van der Waals surface area contributed by atoms with Crippen LogP contribution in [0.5, 0.6) is 5.75 Å². The Morgan fingerprint density at radius 2 is 2.00 bits per heavy atom. The molecule has 2 N–H and O–H groups in total. The van der Waals surface area contributed by atoms with Gasteiger partial charge in [0.15, 0.2) is 0 Å². The summed E-state index contributed by atoms with van der Waals surface area (Å²) in [5.74, 6) is 0.553. The molecule has 2 saturated heterocycles. The summed E-state index contributed by atoms with van der Waals surface area (Å²) in [6, 6.07) is 12.1. The van der Waals surface area contributed by atoms with Crippen LogP contribution in [0.25, 0.3) is 16.6 Å². The molecule has 13 heteroatoms. The topological polar surface area (TPSA) is 145 Å². The second-order valence-corrected chi connectivity index (χ2v) is 12.0. The molecule has 2 aliphatic rings. The van der Waals surface area contributed by atoms with Gasteiger partial charge in [0.25, 0.3) is 5.91 Å². The molecule has 0 spiro atoms. The largest absolute Gasteiger partial charge is 0.489 e. The van der Waals surface area contributed by atoms with E-state index in [1.54, 1.807) is 29.9 Å². The van der Waals surface area contributed by atoms with Gasteiger partial charge in [-0.15, -0.1) is 0 Å². The van der Waals surface area contributed by atoms with Gasteiger partial charge in [-0.1, -0.05) is 6.07 Å². The number of carbonyl (C=O) groups is 2. The number of piperidine rings is 1. The van der Waals surface area contributed by atoms with Gasteiger partial charge in [0, 0.05) is 48.1 Å². The van der Waals surface area contributed by atoms with Gasteiger partial charge in [-0.2, -0.15) is 10.4 Å². The quantitative estimate of drug-likeness (QED) is 0.307. The van der Waals surface area contributed by atoms with Crippen molar-refractivity contribution in [2.24, 2.45) is 0 Å². The number of anilines is 1. The van der Waals surface area contributed by atoms with Gasteiger partial charge in [0.1, 0.15) is 36.2 Å². The van der Waals surface area contributed by atoms with Crippen molar-refractivity contribution in [3.05, 3.63) is 77.5 Å². The van der Waals surface area contributed by atoms with E-state index in [2.05, 4.69) is 21.4 Å². The second kappa shape index (κ2) is 12.6. The first-order chi connectivity index (χ1) is 22.1. The van der Waals surface area contributed by atoms with E-state index in [4.69, 9.17) is 14.5 Å². The number of nitrogens with one attached hydrogen (secondary N) is 1. The van der Waals surface area contributed by atoms with Crippen molar-refractivity contribution in [1.29, 1.82) is 5.26 Å². The highest BCUT2D eigenvalue weighted by Gasteiger charge is 2.33. The van der Waals surface area contributed by atoms with Crippen molar-refractivity contribution in [1.82, 2.24) is 24.8 Å². The number of aryl methyl sites for hydroxylation is 1. The zero-order valence-corrected chi connectivity index (χ0v) is 25.6. The number of morpholine rings is 1. The van der Waals surface area contributed by atoms with E-state index in [1.165, 1.54) is 23.2 Å². The maximum atomic E-state index is 13.8. The van der Waals surface area contributed by atoms with E-state index < -0.39 is 23.6 Å². The van der Waals surface area contributed by atoms with Crippen LogP contribution in [-0.4, -0.2) is 87.6 Å². The number of fused-ring (bicyclic) bond motifs is 1. The monoisotopic (exact) mass is 627 g/mol. The third-order valence-electron chi connectivity index (χ3n) is 8.66. The zero-order chi connectivity index (χ0) is 32.4. The normalized spacial score (nSPS) is 17.8.